The Morgan fingerprint density at radius 1 is 1.17 bits per heavy atom. The lowest BCUT2D eigenvalue weighted by Gasteiger charge is -2.10. The third-order valence-corrected chi connectivity index (χ3v) is 5.30. The number of anilines is 1. The summed E-state index contributed by atoms with van der Waals surface area (Å²) in [6.45, 7) is 1.72. The van der Waals surface area contributed by atoms with Crippen molar-refractivity contribution < 1.29 is 22.0 Å². The first kappa shape index (κ1) is 18.4. The number of rotatable bonds is 5. The van der Waals surface area contributed by atoms with E-state index in [2.05, 4.69) is 5.32 Å². The van der Waals surface area contributed by atoms with Crippen LogP contribution < -0.4 is 5.32 Å². The molecule has 0 unspecified atom stereocenters. The standard InChI is InChI=1S/C16H15F2NO3S2/c1-10-3-5-12(24(2,21)22)8-14(10)19-16(20)9-23-15-7-11(17)4-6-13(15)18/h3-8H,9H2,1-2H3,(H,19,20). The smallest absolute Gasteiger partial charge is 0.234 e. The lowest BCUT2D eigenvalue weighted by atomic mass is 10.2. The molecule has 2 rings (SSSR count). The number of aryl methyl sites for hydroxylation is 1. The van der Waals surface area contributed by atoms with Gasteiger partial charge in [0.2, 0.25) is 5.91 Å². The molecular formula is C16H15F2NO3S2. The summed E-state index contributed by atoms with van der Waals surface area (Å²) in [5, 5.41) is 2.59. The highest BCUT2D eigenvalue weighted by Gasteiger charge is 2.12. The fourth-order valence-electron chi connectivity index (χ4n) is 1.88. The van der Waals surface area contributed by atoms with Gasteiger partial charge in [0, 0.05) is 16.8 Å². The minimum atomic E-state index is -3.39. The molecule has 128 valence electrons. The van der Waals surface area contributed by atoms with Crippen LogP contribution in [-0.4, -0.2) is 26.3 Å². The zero-order chi connectivity index (χ0) is 17.9. The topological polar surface area (TPSA) is 63.2 Å². The van der Waals surface area contributed by atoms with E-state index in [1.54, 1.807) is 13.0 Å². The SMILES string of the molecule is Cc1ccc(S(C)(=O)=O)cc1NC(=O)CSc1cc(F)ccc1F. The Balaban J connectivity index is 2.09. The van der Waals surface area contributed by atoms with E-state index in [1.807, 2.05) is 0 Å². The molecule has 0 spiro atoms. The molecule has 8 heteroatoms. The Hall–Kier alpha value is -1.93. The summed E-state index contributed by atoms with van der Waals surface area (Å²) >= 11 is 0.859. The number of thioether (sulfide) groups is 1. The number of sulfone groups is 1. The van der Waals surface area contributed by atoms with Crippen LogP contribution in [0.25, 0.3) is 0 Å². The zero-order valence-corrected chi connectivity index (χ0v) is 14.6. The van der Waals surface area contributed by atoms with Gasteiger partial charge in [0.1, 0.15) is 11.6 Å². The predicted molar refractivity (Wildman–Crippen MR) is 90.0 cm³/mol. The van der Waals surface area contributed by atoms with Crippen molar-refractivity contribution in [2.45, 2.75) is 16.7 Å². The number of carbonyl (C=O) groups excluding carboxylic acids is 1. The minimum Gasteiger partial charge on any atom is -0.325 e. The fraction of sp³-hybridized carbons (Fsp3) is 0.188. The maximum atomic E-state index is 13.5. The first-order valence-corrected chi connectivity index (χ1v) is 9.73. The summed E-state index contributed by atoms with van der Waals surface area (Å²) in [4.78, 5) is 12.1. The van der Waals surface area contributed by atoms with Crippen molar-refractivity contribution in [1.29, 1.82) is 0 Å². The molecule has 0 radical (unpaired) electrons. The Morgan fingerprint density at radius 3 is 2.54 bits per heavy atom. The largest absolute Gasteiger partial charge is 0.325 e. The normalized spacial score (nSPS) is 11.3. The number of carbonyl (C=O) groups is 1. The molecule has 0 aromatic heterocycles. The van der Waals surface area contributed by atoms with Gasteiger partial charge >= 0.3 is 0 Å². The summed E-state index contributed by atoms with van der Waals surface area (Å²) < 4.78 is 49.7. The van der Waals surface area contributed by atoms with E-state index in [4.69, 9.17) is 0 Å². The summed E-state index contributed by atoms with van der Waals surface area (Å²) in [6.07, 6.45) is 1.08. The van der Waals surface area contributed by atoms with Gasteiger partial charge in [-0.05, 0) is 42.8 Å². The first-order chi connectivity index (χ1) is 11.2. The van der Waals surface area contributed by atoms with Crippen molar-refractivity contribution in [3.8, 4) is 0 Å². The van der Waals surface area contributed by atoms with Crippen molar-refractivity contribution in [3.63, 3.8) is 0 Å². The van der Waals surface area contributed by atoms with Crippen LogP contribution in [0.15, 0.2) is 46.2 Å². The van der Waals surface area contributed by atoms with E-state index in [-0.39, 0.29) is 15.5 Å². The van der Waals surface area contributed by atoms with Gasteiger partial charge in [-0.15, -0.1) is 11.8 Å². The summed E-state index contributed by atoms with van der Waals surface area (Å²) in [7, 11) is -3.39. The van der Waals surface area contributed by atoms with Gasteiger partial charge < -0.3 is 5.32 Å². The van der Waals surface area contributed by atoms with Crippen molar-refractivity contribution in [2.24, 2.45) is 0 Å². The average molecular weight is 371 g/mol. The van der Waals surface area contributed by atoms with E-state index >= 15 is 0 Å². The molecule has 0 saturated heterocycles. The second kappa shape index (κ2) is 7.31. The average Bonchev–Trinajstić information content (AvgIpc) is 2.49. The van der Waals surface area contributed by atoms with Gasteiger partial charge in [-0.25, -0.2) is 17.2 Å². The third-order valence-electron chi connectivity index (χ3n) is 3.16. The van der Waals surface area contributed by atoms with E-state index < -0.39 is 27.4 Å². The van der Waals surface area contributed by atoms with Crippen molar-refractivity contribution in [3.05, 3.63) is 53.6 Å². The molecule has 4 nitrogen and oxygen atoms in total. The molecule has 0 aliphatic rings. The van der Waals surface area contributed by atoms with E-state index in [0.29, 0.717) is 11.3 Å². The second-order valence-corrected chi connectivity index (χ2v) is 8.19. The van der Waals surface area contributed by atoms with Crippen LogP contribution in [0.5, 0.6) is 0 Å². The Bertz CT molecular complexity index is 883. The number of nitrogens with one attached hydrogen (secondary N) is 1. The summed E-state index contributed by atoms with van der Waals surface area (Å²) in [5.41, 5.74) is 1.06. The molecule has 0 aliphatic carbocycles. The van der Waals surface area contributed by atoms with Gasteiger partial charge in [0.05, 0.1) is 10.6 Å². The number of benzene rings is 2. The van der Waals surface area contributed by atoms with Gasteiger partial charge in [0.15, 0.2) is 9.84 Å². The van der Waals surface area contributed by atoms with Crippen molar-refractivity contribution in [1.82, 2.24) is 0 Å². The number of amides is 1. The maximum Gasteiger partial charge on any atom is 0.234 e. The lowest BCUT2D eigenvalue weighted by Crippen LogP contribution is -2.15. The molecular weight excluding hydrogens is 356 g/mol. The van der Waals surface area contributed by atoms with Crippen LogP contribution in [0.1, 0.15) is 5.56 Å². The van der Waals surface area contributed by atoms with E-state index in [0.717, 1.165) is 36.2 Å². The highest BCUT2D eigenvalue weighted by Crippen LogP contribution is 2.24. The lowest BCUT2D eigenvalue weighted by molar-refractivity contribution is -0.113. The Morgan fingerprint density at radius 2 is 1.88 bits per heavy atom. The zero-order valence-electron chi connectivity index (χ0n) is 13.0. The summed E-state index contributed by atoms with van der Waals surface area (Å²) in [6, 6.07) is 7.43. The third kappa shape index (κ3) is 4.78. The molecule has 0 heterocycles. The molecule has 1 N–H and O–H groups in total. The summed E-state index contributed by atoms with van der Waals surface area (Å²) in [5.74, 6) is -1.78. The Labute approximate surface area is 143 Å². The van der Waals surface area contributed by atoms with Crippen LogP contribution in [0.3, 0.4) is 0 Å². The highest BCUT2D eigenvalue weighted by molar-refractivity contribution is 8.00. The van der Waals surface area contributed by atoms with Crippen molar-refractivity contribution >= 4 is 33.2 Å². The fourth-order valence-corrected chi connectivity index (χ4v) is 3.29. The quantitative estimate of drug-likeness (QED) is 0.818. The molecule has 0 atom stereocenters. The van der Waals surface area contributed by atoms with Crippen LogP contribution in [-0.2, 0) is 14.6 Å². The van der Waals surface area contributed by atoms with Crippen LogP contribution in [0.4, 0.5) is 14.5 Å². The molecule has 24 heavy (non-hydrogen) atoms. The monoisotopic (exact) mass is 371 g/mol. The van der Waals surface area contributed by atoms with Crippen molar-refractivity contribution in [2.75, 3.05) is 17.3 Å². The predicted octanol–water partition coefficient (Wildman–Crippen LogP) is 3.41. The molecule has 0 bridgehead atoms. The molecule has 1 amide bonds. The van der Waals surface area contributed by atoms with Crippen LogP contribution in [0, 0.1) is 18.6 Å². The highest BCUT2D eigenvalue weighted by atomic mass is 32.2. The number of hydrogen-bond acceptors (Lipinski definition) is 4. The van der Waals surface area contributed by atoms with Gasteiger partial charge in [-0.1, -0.05) is 6.07 Å². The number of hydrogen-bond donors (Lipinski definition) is 1. The minimum absolute atomic E-state index is 0.0340. The Kier molecular flexibility index (Phi) is 5.61. The van der Waals surface area contributed by atoms with Gasteiger partial charge in [-0.3, -0.25) is 4.79 Å². The molecule has 0 fully saturated rings. The molecule has 2 aromatic rings. The van der Waals surface area contributed by atoms with Crippen LogP contribution >= 0.6 is 11.8 Å². The van der Waals surface area contributed by atoms with E-state index in [9.17, 15) is 22.0 Å². The maximum absolute atomic E-state index is 13.5. The van der Waals surface area contributed by atoms with Gasteiger partial charge in [0.25, 0.3) is 0 Å². The van der Waals surface area contributed by atoms with Crippen LogP contribution in [0.2, 0.25) is 0 Å². The second-order valence-electron chi connectivity index (χ2n) is 5.16. The molecule has 0 aliphatic heterocycles. The van der Waals surface area contributed by atoms with E-state index in [1.165, 1.54) is 12.1 Å². The number of halogens is 2. The van der Waals surface area contributed by atoms with Gasteiger partial charge in [-0.2, -0.15) is 0 Å². The molecule has 2 aromatic carbocycles. The first-order valence-electron chi connectivity index (χ1n) is 6.85. The molecule has 0 saturated carbocycles.